The van der Waals surface area contributed by atoms with Crippen molar-refractivity contribution in [2.24, 2.45) is 0 Å². The van der Waals surface area contributed by atoms with E-state index in [2.05, 4.69) is 10.4 Å². The average molecular weight is 430 g/mol. The number of Topliss-reactive ketones (excluding diaryl/α,β-unsaturated/α-hetero) is 1. The Morgan fingerprint density at radius 2 is 1.87 bits per heavy atom. The first-order valence-electron chi connectivity index (χ1n) is 10.1. The van der Waals surface area contributed by atoms with E-state index in [0.717, 1.165) is 27.6 Å². The Kier molecular flexibility index (Phi) is 4.63. The lowest BCUT2D eigenvalue weighted by atomic mass is 9.84. The summed E-state index contributed by atoms with van der Waals surface area (Å²) in [4.78, 5) is 26.3. The Morgan fingerprint density at radius 1 is 1.10 bits per heavy atom. The number of anilines is 1. The maximum Gasteiger partial charge on any atom is 0.226 e. The molecule has 1 aliphatic rings. The lowest BCUT2D eigenvalue weighted by Crippen LogP contribution is -2.28. The molecule has 1 amide bonds. The third-order valence-electron chi connectivity index (χ3n) is 5.87. The average Bonchev–Trinajstić information content (AvgIpc) is 3.10. The smallest absolute Gasteiger partial charge is 0.226 e. The van der Waals surface area contributed by atoms with E-state index in [9.17, 15) is 9.59 Å². The van der Waals surface area contributed by atoms with Crippen LogP contribution in [0.15, 0.2) is 60.7 Å². The number of carbonyl (C=O) groups is 2. The van der Waals surface area contributed by atoms with Crippen LogP contribution in [-0.4, -0.2) is 21.5 Å². The Labute approximate surface area is 184 Å². The minimum Gasteiger partial charge on any atom is -0.310 e. The summed E-state index contributed by atoms with van der Waals surface area (Å²) in [5.74, 6) is -0.334. The van der Waals surface area contributed by atoms with Gasteiger partial charge in [0.1, 0.15) is 5.82 Å². The Bertz CT molecular complexity index is 1370. The van der Waals surface area contributed by atoms with E-state index in [-0.39, 0.29) is 18.1 Å². The van der Waals surface area contributed by atoms with Crippen LogP contribution in [0, 0.1) is 13.8 Å². The van der Waals surface area contributed by atoms with Gasteiger partial charge < -0.3 is 5.32 Å². The fourth-order valence-electron chi connectivity index (χ4n) is 4.30. The van der Waals surface area contributed by atoms with E-state index < -0.39 is 5.92 Å². The number of aromatic nitrogens is 2. The summed E-state index contributed by atoms with van der Waals surface area (Å²) in [6.45, 7) is 3.79. The molecule has 2 heterocycles. The van der Waals surface area contributed by atoms with Crippen molar-refractivity contribution in [1.82, 2.24) is 9.78 Å². The molecule has 3 aromatic carbocycles. The first kappa shape index (κ1) is 19.5. The summed E-state index contributed by atoms with van der Waals surface area (Å²) in [6.07, 6.45) is 0.0935. The SMILES string of the molecule is Cc1ccc(-n2nc(C)c3c2NC(=O)C[C@H]3C(=O)c2cccc3ccccc23)cc1Cl. The monoisotopic (exact) mass is 429 g/mol. The van der Waals surface area contributed by atoms with Crippen LogP contribution in [0.25, 0.3) is 16.5 Å². The predicted molar refractivity (Wildman–Crippen MR) is 122 cm³/mol. The molecule has 0 saturated carbocycles. The maximum atomic E-state index is 13.7. The summed E-state index contributed by atoms with van der Waals surface area (Å²) in [5.41, 5.74) is 3.78. The van der Waals surface area contributed by atoms with Crippen LogP contribution in [0.5, 0.6) is 0 Å². The highest BCUT2D eigenvalue weighted by Gasteiger charge is 2.36. The van der Waals surface area contributed by atoms with Crippen LogP contribution in [-0.2, 0) is 4.79 Å². The zero-order valence-corrected chi connectivity index (χ0v) is 17.9. The molecule has 0 radical (unpaired) electrons. The first-order chi connectivity index (χ1) is 14.9. The number of nitrogens with zero attached hydrogens (tertiary/aromatic N) is 2. The molecular formula is C25H20ClN3O2. The number of amides is 1. The van der Waals surface area contributed by atoms with Gasteiger partial charge in [-0.1, -0.05) is 60.1 Å². The number of hydrogen-bond acceptors (Lipinski definition) is 3. The number of halogens is 1. The van der Waals surface area contributed by atoms with Crippen molar-refractivity contribution < 1.29 is 9.59 Å². The highest BCUT2D eigenvalue weighted by Crippen LogP contribution is 2.39. The predicted octanol–water partition coefficient (Wildman–Crippen LogP) is 5.60. The zero-order chi connectivity index (χ0) is 21.7. The van der Waals surface area contributed by atoms with Crippen molar-refractivity contribution in [3.63, 3.8) is 0 Å². The molecule has 0 bridgehead atoms. The van der Waals surface area contributed by atoms with Gasteiger partial charge in [0.25, 0.3) is 0 Å². The van der Waals surface area contributed by atoms with Gasteiger partial charge in [0.15, 0.2) is 5.78 Å². The molecule has 6 heteroatoms. The third kappa shape index (κ3) is 3.22. The quantitative estimate of drug-likeness (QED) is 0.431. The van der Waals surface area contributed by atoms with Gasteiger partial charge in [0, 0.05) is 22.6 Å². The standard InChI is InChI=1S/C25H20ClN3O2/c1-14-10-11-17(12-21(14)26)29-25-23(15(2)28-29)20(13-22(30)27-25)24(31)19-9-5-7-16-6-3-4-8-18(16)19/h3-12,20H,13H2,1-2H3,(H,27,30)/t20-/m1/s1. The molecule has 1 atom stereocenters. The van der Waals surface area contributed by atoms with E-state index >= 15 is 0 Å². The molecule has 0 fully saturated rings. The van der Waals surface area contributed by atoms with E-state index in [0.29, 0.717) is 22.1 Å². The molecule has 0 unspecified atom stereocenters. The van der Waals surface area contributed by atoms with Gasteiger partial charge in [-0.2, -0.15) is 5.10 Å². The largest absolute Gasteiger partial charge is 0.310 e. The fourth-order valence-corrected chi connectivity index (χ4v) is 4.47. The number of aryl methyl sites for hydroxylation is 2. The van der Waals surface area contributed by atoms with E-state index in [1.807, 2.05) is 74.5 Å². The van der Waals surface area contributed by atoms with Crippen LogP contribution in [0.4, 0.5) is 5.82 Å². The summed E-state index contributed by atoms with van der Waals surface area (Å²) in [6, 6.07) is 19.1. The molecule has 5 rings (SSSR count). The minimum atomic E-state index is -0.593. The molecule has 0 saturated heterocycles. The summed E-state index contributed by atoms with van der Waals surface area (Å²) >= 11 is 6.31. The van der Waals surface area contributed by atoms with E-state index in [4.69, 9.17) is 11.6 Å². The van der Waals surface area contributed by atoms with Crippen molar-refractivity contribution in [1.29, 1.82) is 0 Å². The lowest BCUT2D eigenvalue weighted by molar-refractivity contribution is -0.116. The summed E-state index contributed by atoms with van der Waals surface area (Å²) in [5, 5.41) is 10.1. The maximum absolute atomic E-state index is 13.7. The van der Waals surface area contributed by atoms with Gasteiger partial charge in [-0.15, -0.1) is 0 Å². The Morgan fingerprint density at radius 3 is 2.68 bits per heavy atom. The lowest BCUT2D eigenvalue weighted by Gasteiger charge is -2.23. The molecular weight excluding hydrogens is 410 g/mol. The second kappa shape index (κ2) is 7.36. The number of rotatable bonds is 3. The van der Waals surface area contributed by atoms with Crippen molar-refractivity contribution in [3.05, 3.63) is 88.1 Å². The number of carbonyl (C=O) groups excluding carboxylic acids is 2. The van der Waals surface area contributed by atoms with Crippen molar-refractivity contribution in [3.8, 4) is 5.69 Å². The number of fused-ring (bicyclic) bond motifs is 2. The van der Waals surface area contributed by atoms with Crippen molar-refractivity contribution in [2.45, 2.75) is 26.2 Å². The summed E-state index contributed by atoms with van der Waals surface area (Å²) in [7, 11) is 0. The Balaban J connectivity index is 1.65. The molecule has 1 aromatic heterocycles. The first-order valence-corrected chi connectivity index (χ1v) is 10.5. The number of hydrogen-bond donors (Lipinski definition) is 1. The molecule has 4 aromatic rings. The zero-order valence-electron chi connectivity index (χ0n) is 17.1. The van der Waals surface area contributed by atoms with Gasteiger partial charge in [-0.3, -0.25) is 9.59 Å². The molecule has 154 valence electrons. The summed E-state index contributed by atoms with van der Waals surface area (Å²) < 4.78 is 1.66. The highest BCUT2D eigenvalue weighted by molar-refractivity contribution is 6.31. The highest BCUT2D eigenvalue weighted by atomic mass is 35.5. The van der Waals surface area contributed by atoms with Crippen LogP contribution in [0.3, 0.4) is 0 Å². The number of ketones is 1. The Hall–Kier alpha value is -3.44. The molecule has 0 spiro atoms. The van der Waals surface area contributed by atoms with Gasteiger partial charge in [-0.25, -0.2) is 4.68 Å². The van der Waals surface area contributed by atoms with Gasteiger partial charge in [-0.05, 0) is 42.3 Å². The minimum absolute atomic E-state index is 0.0718. The fraction of sp³-hybridized carbons (Fsp3) is 0.160. The van der Waals surface area contributed by atoms with Gasteiger partial charge in [0.05, 0.1) is 17.3 Å². The van der Waals surface area contributed by atoms with Crippen LogP contribution >= 0.6 is 11.6 Å². The van der Waals surface area contributed by atoms with Gasteiger partial charge in [0.2, 0.25) is 5.91 Å². The number of nitrogens with one attached hydrogen (secondary N) is 1. The van der Waals surface area contributed by atoms with Crippen LogP contribution < -0.4 is 5.32 Å². The van der Waals surface area contributed by atoms with Crippen molar-refractivity contribution in [2.75, 3.05) is 5.32 Å². The van der Waals surface area contributed by atoms with Crippen molar-refractivity contribution >= 4 is 39.9 Å². The van der Waals surface area contributed by atoms with Gasteiger partial charge >= 0.3 is 0 Å². The van der Waals surface area contributed by atoms with Crippen LogP contribution in [0.1, 0.15) is 39.5 Å². The molecule has 31 heavy (non-hydrogen) atoms. The number of benzene rings is 3. The van der Waals surface area contributed by atoms with Crippen LogP contribution in [0.2, 0.25) is 5.02 Å². The molecule has 1 aliphatic heterocycles. The topological polar surface area (TPSA) is 64.0 Å². The second-order valence-corrected chi connectivity index (χ2v) is 8.30. The third-order valence-corrected chi connectivity index (χ3v) is 6.28. The molecule has 1 N–H and O–H groups in total. The normalized spacial score (nSPS) is 15.6. The second-order valence-electron chi connectivity index (χ2n) is 7.89. The molecule has 0 aliphatic carbocycles. The molecule has 5 nitrogen and oxygen atoms in total. The van der Waals surface area contributed by atoms with E-state index in [1.165, 1.54) is 0 Å². The van der Waals surface area contributed by atoms with E-state index in [1.54, 1.807) is 4.68 Å².